The van der Waals surface area contributed by atoms with Crippen molar-refractivity contribution in [1.82, 2.24) is 4.90 Å². The summed E-state index contributed by atoms with van der Waals surface area (Å²) in [5.74, 6) is 1.10. The van der Waals surface area contributed by atoms with Crippen LogP contribution in [0.1, 0.15) is 62.4 Å². The van der Waals surface area contributed by atoms with E-state index in [0.29, 0.717) is 11.3 Å². The molecule has 2 heterocycles. The molecule has 0 amide bonds. The first-order valence-corrected chi connectivity index (χ1v) is 7.55. The van der Waals surface area contributed by atoms with Crippen molar-refractivity contribution in [2.24, 2.45) is 0 Å². The van der Waals surface area contributed by atoms with E-state index in [9.17, 15) is 4.79 Å². The maximum atomic E-state index is 12.4. The van der Waals surface area contributed by atoms with Crippen LogP contribution >= 0.6 is 0 Å². The lowest BCUT2D eigenvalue weighted by molar-refractivity contribution is -0.0732. The van der Waals surface area contributed by atoms with Crippen molar-refractivity contribution in [1.29, 1.82) is 0 Å². The van der Waals surface area contributed by atoms with Gasteiger partial charge < -0.3 is 9.15 Å². The standard InChI is InChI=1S/C17H27NO3/c1-11-8-14(12(2)20-11)15(19)21-13-9-16(3,4)18(7)17(5,6)10-13/h8,13H,9-10H2,1-7H3. The molecule has 0 N–H and O–H groups in total. The molecule has 118 valence electrons. The van der Waals surface area contributed by atoms with Crippen LogP contribution < -0.4 is 0 Å². The van der Waals surface area contributed by atoms with Crippen molar-refractivity contribution >= 4 is 5.97 Å². The van der Waals surface area contributed by atoms with Gasteiger partial charge in [0.2, 0.25) is 0 Å². The molecule has 0 radical (unpaired) electrons. The summed E-state index contributed by atoms with van der Waals surface area (Å²) in [6.45, 7) is 12.4. The number of rotatable bonds is 2. The van der Waals surface area contributed by atoms with Gasteiger partial charge in [-0.25, -0.2) is 4.79 Å². The van der Waals surface area contributed by atoms with Gasteiger partial charge in [0.1, 0.15) is 23.2 Å². The van der Waals surface area contributed by atoms with Crippen molar-refractivity contribution < 1.29 is 13.9 Å². The molecule has 0 bridgehead atoms. The Morgan fingerprint density at radius 3 is 2.19 bits per heavy atom. The Balaban J connectivity index is 2.13. The van der Waals surface area contributed by atoms with Gasteiger partial charge in [0.15, 0.2) is 0 Å². The second-order valence-electron chi connectivity index (χ2n) is 7.45. The van der Waals surface area contributed by atoms with Crippen molar-refractivity contribution in [3.05, 3.63) is 23.2 Å². The summed E-state index contributed by atoms with van der Waals surface area (Å²) in [5.41, 5.74) is 0.560. The number of hydrogen-bond acceptors (Lipinski definition) is 4. The highest BCUT2D eigenvalue weighted by Gasteiger charge is 2.44. The predicted molar refractivity (Wildman–Crippen MR) is 82.5 cm³/mol. The number of piperidine rings is 1. The molecule has 1 aromatic heterocycles. The van der Waals surface area contributed by atoms with Gasteiger partial charge in [-0.2, -0.15) is 0 Å². The molecule has 1 aromatic rings. The first-order valence-electron chi connectivity index (χ1n) is 7.55. The van der Waals surface area contributed by atoms with Gasteiger partial charge >= 0.3 is 5.97 Å². The van der Waals surface area contributed by atoms with Crippen LogP contribution in [0.3, 0.4) is 0 Å². The molecule has 0 aromatic carbocycles. The summed E-state index contributed by atoms with van der Waals surface area (Å²) in [6, 6.07) is 1.75. The third-order valence-electron chi connectivity index (χ3n) is 4.80. The lowest BCUT2D eigenvalue weighted by atomic mass is 9.79. The van der Waals surface area contributed by atoms with E-state index in [1.165, 1.54) is 0 Å². The molecule has 0 aliphatic carbocycles. The Morgan fingerprint density at radius 2 is 1.76 bits per heavy atom. The fourth-order valence-electron chi connectivity index (χ4n) is 3.41. The van der Waals surface area contributed by atoms with Gasteiger partial charge in [-0.15, -0.1) is 0 Å². The topological polar surface area (TPSA) is 42.7 Å². The molecule has 0 saturated carbocycles. The Labute approximate surface area is 127 Å². The van der Waals surface area contributed by atoms with E-state index in [1.54, 1.807) is 13.0 Å². The van der Waals surface area contributed by atoms with E-state index < -0.39 is 0 Å². The zero-order valence-electron chi connectivity index (χ0n) is 14.2. The molecule has 1 aliphatic heterocycles. The molecule has 1 saturated heterocycles. The maximum absolute atomic E-state index is 12.4. The summed E-state index contributed by atoms with van der Waals surface area (Å²) >= 11 is 0. The largest absolute Gasteiger partial charge is 0.466 e. The van der Waals surface area contributed by atoms with Crippen LogP contribution in [0.25, 0.3) is 0 Å². The Morgan fingerprint density at radius 1 is 1.24 bits per heavy atom. The molecule has 0 unspecified atom stereocenters. The number of aryl methyl sites for hydroxylation is 2. The van der Waals surface area contributed by atoms with E-state index in [0.717, 1.165) is 18.6 Å². The number of carbonyl (C=O) groups is 1. The van der Waals surface area contributed by atoms with Crippen LogP contribution in [0.4, 0.5) is 0 Å². The van der Waals surface area contributed by atoms with Gasteiger partial charge in [-0.3, -0.25) is 4.90 Å². The number of hydrogen-bond donors (Lipinski definition) is 0. The fraction of sp³-hybridized carbons (Fsp3) is 0.706. The third kappa shape index (κ3) is 3.15. The van der Waals surface area contributed by atoms with Crippen LogP contribution in [0.15, 0.2) is 10.5 Å². The molecule has 0 spiro atoms. The minimum absolute atomic E-state index is 0.00799. The zero-order chi connectivity index (χ0) is 16.0. The number of ether oxygens (including phenoxy) is 1. The highest BCUT2D eigenvalue weighted by atomic mass is 16.5. The van der Waals surface area contributed by atoms with E-state index >= 15 is 0 Å². The van der Waals surface area contributed by atoms with Crippen molar-refractivity contribution in [2.75, 3.05) is 7.05 Å². The second-order valence-corrected chi connectivity index (χ2v) is 7.45. The molecule has 2 rings (SSSR count). The second kappa shape index (κ2) is 5.16. The first-order chi connectivity index (χ1) is 9.53. The van der Waals surface area contributed by atoms with Gasteiger partial charge in [0, 0.05) is 23.9 Å². The normalized spacial score (nSPS) is 22.2. The van der Waals surface area contributed by atoms with E-state index in [1.807, 2.05) is 6.92 Å². The number of esters is 1. The summed E-state index contributed by atoms with van der Waals surface area (Å²) < 4.78 is 11.2. The molecule has 1 fully saturated rings. The zero-order valence-corrected chi connectivity index (χ0v) is 14.2. The molecule has 4 nitrogen and oxygen atoms in total. The van der Waals surface area contributed by atoms with Gasteiger partial charge in [0.05, 0.1) is 0 Å². The minimum atomic E-state index is -0.273. The average Bonchev–Trinajstić information content (AvgIpc) is 2.64. The summed E-state index contributed by atoms with van der Waals surface area (Å²) in [5, 5.41) is 0. The van der Waals surface area contributed by atoms with Gasteiger partial charge in [-0.1, -0.05) is 0 Å². The highest BCUT2D eigenvalue weighted by molar-refractivity contribution is 5.90. The fourth-order valence-corrected chi connectivity index (χ4v) is 3.41. The quantitative estimate of drug-likeness (QED) is 0.780. The lowest BCUT2D eigenvalue weighted by Crippen LogP contribution is -2.60. The molecule has 1 aliphatic rings. The van der Waals surface area contributed by atoms with E-state index in [-0.39, 0.29) is 23.2 Å². The molecular formula is C17H27NO3. The Hall–Kier alpha value is -1.29. The highest BCUT2D eigenvalue weighted by Crippen LogP contribution is 2.38. The lowest BCUT2D eigenvalue weighted by Gasteiger charge is -2.53. The van der Waals surface area contributed by atoms with Gasteiger partial charge in [0.25, 0.3) is 0 Å². The Kier molecular flexibility index (Phi) is 3.96. The summed E-state index contributed by atoms with van der Waals surface area (Å²) in [7, 11) is 2.14. The van der Waals surface area contributed by atoms with Crippen LogP contribution in [0, 0.1) is 13.8 Å². The van der Waals surface area contributed by atoms with Crippen LogP contribution in [-0.2, 0) is 4.74 Å². The average molecular weight is 293 g/mol. The molecular weight excluding hydrogens is 266 g/mol. The van der Waals surface area contributed by atoms with Gasteiger partial charge in [-0.05, 0) is 54.7 Å². The first kappa shape index (κ1) is 16.1. The summed E-state index contributed by atoms with van der Waals surface area (Å²) in [6.07, 6.45) is 1.62. The summed E-state index contributed by atoms with van der Waals surface area (Å²) in [4.78, 5) is 14.7. The van der Waals surface area contributed by atoms with Crippen LogP contribution in [-0.4, -0.2) is 35.1 Å². The minimum Gasteiger partial charge on any atom is -0.466 e. The van der Waals surface area contributed by atoms with Crippen molar-refractivity contribution in [3.63, 3.8) is 0 Å². The molecule has 0 atom stereocenters. The van der Waals surface area contributed by atoms with Crippen LogP contribution in [0.5, 0.6) is 0 Å². The maximum Gasteiger partial charge on any atom is 0.341 e. The van der Waals surface area contributed by atoms with Crippen molar-refractivity contribution in [3.8, 4) is 0 Å². The third-order valence-corrected chi connectivity index (χ3v) is 4.80. The van der Waals surface area contributed by atoms with Crippen molar-refractivity contribution in [2.45, 2.75) is 71.6 Å². The van der Waals surface area contributed by atoms with Crippen LogP contribution in [0.2, 0.25) is 0 Å². The Bertz CT molecular complexity index is 524. The number of carbonyl (C=O) groups excluding carboxylic acids is 1. The predicted octanol–water partition coefficient (Wildman–Crippen LogP) is 3.70. The van der Waals surface area contributed by atoms with E-state index in [2.05, 4.69) is 39.6 Å². The van der Waals surface area contributed by atoms with E-state index in [4.69, 9.17) is 9.15 Å². The monoisotopic (exact) mass is 293 g/mol. The molecule has 21 heavy (non-hydrogen) atoms. The number of furan rings is 1. The smallest absolute Gasteiger partial charge is 0.341 e. The number of likely N-dealkylation sites (tertiary alicyclic amines) is 1. The molecule has 4 heteroatoms. The number of nitrogens with zero attached hydrogens (tertiary/aromatic N) is 1. The SMILES string of the molecule is Cc1cc(C(=O)OC2CC(C)(C)N(C)C(C)(C)C2)c(C)o1.